The maximum absolute atomic E-state index is 9.28. The predicted molar refractivity (Wildman–Crippen MR) is 107 cm³/mol. The highest BCUT2D eigenvalue weighted by Gasteiger charge is 1.99. The van der Waals surface area contributed by atoms with Crippen molar-refractivity contribution in [1.82, 2.24) is 10.6 Å². The third kappa shape index (κ3) is 7.09. The topological polar surface area (TPSA) is 56.7 Å². The molecule has 4 nitrogen and oxygen atoms in total. The van der Waals surface area contributed by atoms with Crippen molar-refractivity contribution in [2.45, 2.75) is 20.0 Å². The second-order valence-electron chi connectivity index (χ2n) is 4.84. The Hall–Kier alpha value is -1.47. The second kappa shape index (κ2) is 10.3. The number of halogens is 2. The number of aliphatic imine (C=N–C) groups is 1. The van der Waals surface area contributed by atoms with Gasteiger partial charge in [0.2, 0.25) is 0 Å². The molecule has 0 radical (unpaired) electrons. The van der Waals surface area contributed by atoms with Gasteiger partial charge in [0.1, 0.15) is 5.75 Å². The molecule has 0 aliphatic rings. The summed E-state index contributed by atoms with van der Waals surface area (Å²) < 4.78 is 0. The fraction of sp³-hybridized carbons (Fsp3) is 0.235. The number of phenolic OH excluding ortho intramolecular Hbond substituents is 1. The minimum absolute atomic E-state index is 0. The Kier molecular flexibility index (Phi) is 8.79. The Morgan fingerprint density at radius 1 is 1.00 bits per heavy atom. The van der Waals surface area contributed by atoms with Crippen LogP contribution in [-0.2, 0) is 13.1 Å². The SMILES string of the molecule is CCNC(=NCc1ccc(O)cc1)NCc1ccc(Cl)cc1.I. The van der Waals surface area contributed by atoms with Crippen LogP contribution in [0.5, 0.6) is 5.75 Å². The maximum atomic E-state index is 9.28. The Bertz CT molecular complexity index is 615. The van der Waals surface area contributed by atoms with E-state index < -0.39 is 0 Å². The molecule has 0 atom stereocenters. The number of hydrogen-bond donors (Lipinski definition) is 3. The van der Waals surface area contributed by atoms with E-state index in [9.17, 15) is 5.11 Å². The van der Waals surface area contributed by atoms with E-state index in [4.69, 9.17) is 11.6 Å². The molecule has 0 aliphatic heterocycles. The van der Waals surface area contributed by atoms with Gasteiger partial charge in [-0.25, -0.2) is 4.99 Å². The number of phenols is 1. The molecule has 6 heteroatoms. The summed E-state index contributed by atoms with van der Waals surface area (Å²) in [5.74, 6) is 1.02. The molecule has 0 amide bonds. The smallest absolute Gasteiger partial charge is 0.191 e. The number of guanidine groups is 1. The molecule has 0 aromatic heterocycles. The Morgan fingerprint density at radius 2 is 1.61 bits per heavy atom. The number of aromatic hydroxyl groups is 1. The lowest BCUT2D eigenvalue weighted by molar-refractivity contribution is 0.475. The van der Waals surface area contributed by atoms with Crippen LogP contribution in [0.4, 0.5) is 0 Å². The van der Waals surface area contributed by atoms with E-state index >= 15 is 0 Å². The van der Waals surface area contributed by atoms with Crippen molar-refractivity contribution in [2.24, 2.45) is 4.99 Å². The first kappa shape index (κ1) is 19.6. The minimum atomic E-state index is 0. The lowest BCUT2D eigenvalue weighted by Crippen LogP contribution is -2.36. The Labute approximate surface area is 159 Å². The first-order chi connectivity index (χ1) is 10.7. The fourth-order valence-corrected chi connectivity index (χ4v) is 2.03. The van der Waals surface area contributed by atoms with E-state index in [0.717, 1.165) is 28.7 Å². The summed E-state index contributed by atoms with van der Waals surface area (Å²) in [4.78, 5) is 4.53. The highest BCUT2D eigenvalue weighted by Crippen LogP contribution is 2.11. The molecule has 0 saturated heterocycles. The largest absolute Gasteiger partial charge is 0.508 e. The van der Waals surface area contributed by atoms with Crippen LogP contribution >= 0.6 is 35.6 Å². The van der Waals surface area contributed by atoms with Gasteiger partial charge in [-0.05, 0) is 42.3 Å². The van der Waals surface area contributed by atoms with Crippen molar-refractivity contribution >= 4 is 41.5 Å². The Balaban J connectivity index is 0.00000264. The van der Waals surface area contributed by atoms with Crippen molar-refractivity contribution < 1.29 is 5.11 Å². The molecule has 0 bridgehead atoms. The van der Waals surface area contributed by atoms with E-state index in [1.54, 1.807) is 12.1 Å². The molecule has 3 N–H and O–H groups in total. The van der Waals surface area contributed by atoms with Crippen molar-refractivity contribution in [3.05, 3.63) is 64.7 Å². The standard InChI is InChI=1S/C17H20ClN3O.HI/c1-2-19-17(20-11-13-3-7-15(18)8-4-13)21-12-14-5-9-16(22)10-6-14;/h3-10,22H,2,11-12H2,1H3,(H2,19,20,21);1H. The summed E-state index contributed by atoms with van der Waals surface area (Å²) in [6, 6.07) is 14.8. The lowest BCUT2D eigenvalue weighted by Gasteiger charge is -2.11. The van der Waals surface area contributed by atoms with Crippen LogP contribution in [0.1, 0.15) is 18.1 Å². The molecule has 0 saturated carbocycles. The third-order valence-electron chi connectivity index (χ3n) is 3.07. The van der Waals surface area contributed by atoms with E-state index in [-0.39, 0.29) is 29.7 Å². The molecular weight excluding hydrogens is 425 g/mol. The van der Waals surface area contributed by atoms with Crippen molar-refractivity contribution in [3.8, 4) is 5.75 Å². The summed E-state index contributed by atoms with van der Waals surface area (Å²) in [6.07, 6.45) is 0. The molecule has 124 valence electrons. The summed E-state index contributed by atoms with van der Waals surface area (Å²) in [5, 5.41) is 16.5. The van der Waals surface area contributed by atoms with Gasteiger partial charge in [0.25, 0.3) is 0 Å². The molecule has 0 aliphatic carbocycles. The number of nitrogens with one attached hydrogen (secondary N) is 2. The summed E-state index contributed by atoms with van der Waals surface area (Å²) in [7, 11) is 0. The zero-order valence-electron chi connectivity index (χ0n) is 12.9. The monoisotopic (exact) mass is 445 g/mol. The summed E-state index contributed by atoms with van der Waals surface area (Å²) in [5.41, 5.74) is 2.18. The lowest BCUT2D eigenvalue weighted by atomic mass is 10.2. The van der Waals surface area contributed by atoms with E-state index in [1.807, 2.05) is 43.3 Å². The van der Waals surface area contributed by atoms with E-state index in [2.05, 4.69) is 15.6 Å². The maximum Gasteiger partial charge on any atom is 0.191 e. The van der Waals surface area contributed by atoms with Gasteiger partial charge < -0.3 is 15.7 Å². The highest BCUT2D eigenvalue weighted by atomic mass is 127. The van der Waals surface area contributed by atoms with Crippen LogP contribution in [0.25, 0.3) is 0 Å². The first-order valence-corrected chi connectivity index (χ1v) is 7.59. The molecule has 0 unspecified atom stereocenters. The molecule has 2 rings (SSSR count). The number of benzene rings is 2. The van der Waals surface area contributed by atoms with Gasteiger partial charge in [0.05, 0.1) is 6.54 Å². The van der Waals surface area contributed by atoms with Crippen LogP contribution in [0.3, 0.4) is 0 Å². The van der Waals surface area contributed by atoms with Crippen LogP contribution in [0.2, 0.25) is 5.02 Å². The minimum Gasteiger partial charge on any atom is -0.508 e. The van der Waals surface area contributed by atoms with Crippen molar-refractivity contribution in [2.75, 3.05) is 6.54 Å². The van der Waals surface area contributed by atoms with Gasteiger partial charge >= 0.3 is 0 Å². The zero-order chi connectivity index (χ0) is 15.8. The van der Waals surface area contributed by atoms with Crippen molar-refractivity contribution in [3.63, 3.8) is 0 Å². The summed E-state index contributed by atoms with van der Waals surface area (Å²) >= 11 is 5.88. The van der Waals surface area contributed by atoms with Crippen LogP contribution < -0.4 is 10.6 Å². The van der Waals surface area contributed by atoms with E-state index in [1.165, 1.54) is 0 Å². The van der Waals surface area contributed by atoms with Gasteiger partial charge in [-0.3, -0.25) is 0 Å². The normalized spacial score (nSPS) is 10.8. The highest BCUT2D eigenvalue weighted by molar-refractivity contribution is 14.0. The molecule has 0 fully saturated rings. The third-order valence-corrected chi connectivity index (χ3v) is 3.33. The van der Waals surface area contributed by atoms with Crippen molar-refractivity contribution in [1.29, 1.82) is 0 Å². The number of nitrogens with zero attached hydrogens (tertiary/aromatic N) is 1. The molecule has 23 heavy (non-hydrogen) atoms. The number of hydrogen-bond acceptors (Lipinski definition) is 2. The van der Waals surface area contributed by atoms with Crippen LogP contribution in [0.15, 0.2) is 53.5 Å². The Morgan fingerprint density at radius 3 is 2.22 bits per heavy atom. The van der Waals surface area contributed by atoms with Crippen LogP contribution in [0, 0.1) is 0 Å². The van der Waals surface area contributed by atoms with Gasteiger partial charge in [-0.2, -0.15) is 0 Å². The van der Waals surface area contributed by atoms with E-state index in [0.29, 0.717) is 13.1 Å². The summed E-state index contributed by atoms with van der Waals surface area (Å²) in [6.45, 7) is 4.05. The van der Waals surface area contributed by atoms with Gasteiger partial charge in [-0.15, -0.1) is 24.0 Å². The quantitative estimate of drug-likeness (QED) is 0.371. The average Bonchev–Trinajstić information content (AvgIpc) is 2.53. The van der Waals surface area contributed by atoms with Gasteiger partial charge in [0, 0.05) is 18.1 Å². The first-order valence-electron chi connectivity index (χ1n) is 7.22. The molecular formula is C17H21ClIN3O. The molecule has 0 spiro atoms. The van der Waals surface area contributed by atoms with Gasteiger partial charge in [-0.1, -0.05) is 35.9 Å². The second-order valence-corrected chi connectivity index (χ2v) is 5.28. The van der Waals surface area contributed by atoms with Gasteiger partial charge in [0.15, 0.2) is 5.96 Å². The predicted octanol–water partition coefficient (Wildman–Crippen LogP) is 3.92. The number of rotatable bonds is 5. The average molecular weight is 446 g/mol. The fourth-order valence-electron chi connectivity index (χ4n) is 1.90. The zero-order valence-corrected chi connectivity index (χ0v) is 16.0. The molecule has 0 heterocycles. The molecule has 2 aromatic carbocycles. The van der Waals surface area contributed by atoms with Crippen LogP contribution in [-0.4, -0.2) is 17.6 Å². The molecule has 2 aromatic rings.